The molecule has 1 atom stereocenters. The van der Waals surface area contributed by atoms with E-state index in [2.05, 4.69) is 30.5 Å². The molecule has 1 aromatic carbocycles. The summed E-state index contributed by atoms with van der Waals surface area (Å²) in [7, 11) is 0. The molecule has 9 heteroatoms. The summed E-state index contributed by atoms with van der Waals surface area (Å²) in [6.07, 6.45) is 4.78. The molecule has 2 aromatic heterocycles. The maximum absolute atomic E-state index is 12.9. The van der Waals surface area contributed by atoms with Gasteiger partial charge in [-0.2, -0.15) is 5.10 Å². The largest absolute Gasteiger partial charge is 0.492 e. The second-order valence-corrected chi connectivity index (χ2v) is 6.79. The van der Waals surface area contributed by atoms with Crippen molar-refractivity contribution in [1.29, 1.82) is 0 Å². The average Bonchev–Trinajstić information content (AvgIpc) is 3.30. The number of piperidine rings is 1. The van der Waals surface area contributed by atoms with E-state index in [9.17, 15) is 4.79 Å². The van der Waals surface area contributed by atoms with Gasteiger partial charge in [-0.05, 0) is 44.0 Å². The van der Waals surface area contributed by atoms with Crippen LogP contribution in [0.1, 0.15) is 19.8 Å². The van der Waals surface area contributed by atoms with E-state index >= 15 is 0 Å². The van der Waals surface area contributed by atoms with Crippen molar-refractivity contribution in [2.45, 2.75) is 19.8 Å². The summed E-state index contributed by atoms with van der Waals surface area (Å²) in [6.45, 7) is 3.91. The first kappa shape index (κ1) is 18.9. The number of anilines is 2. The molecule has 3 aromatic rings. The van der Waals surface area contributed by atoms with Gasteiger partial charge in [0.2, 0.25) is 5.91 Å². The molecule has 9 nitrogen and oxygen atoms in total. The molecular formula is C20H23N7O2. The van der Waals surface area contributed by atoms with Gasteiger partial charge in [0.25, 0.3) is 0 Å². The van der Waals surface area contributed by atoms with Gasteiger partial charge in [-0.15, -0.1) is 10.2 Å². The van der Waals surface area contributed by atoms with Crippen LogP contribution in [0.25, 0.3) is 5.82 Å². The molecule has 29 heavy (non-hydrogen) atoms. The van der Waals surface area contributed by atoms with E-state index in [1.54, 1.807) is 11.0 Å². The lowest BCUT2D eigenvalue weighted by Gasteiger charge is -2.32. The molecule has 3 heterocycles. The van der Waals surface area contributed by atoms with Gasteiger partial charge in [0, 0.05) is 13.1 Å². The Morgan fingerprint density at radius 3 is 2.79 bits per heavy atom. The lowest BCUT2D eigenvalue weighted by molar-refractivity contribution is -0.120. The second-order valence-electron chi connectivity index (χ2n) is 6.79. The minimum Gasteiger partial charge on any atom is -0.492 e. The number of para-hydroxylation sites is 2. The van der Waals surface area contributed by atoms with Crippen molar-refractivity contribution in [3.63, 3.8) is 0 Å². The first-order chi connectivity index (χ1) is 14.2. The number of aromatic nitrogens is 5. The number of nitrogens with one attached hydrogen (secondary N) is 1. The lowest BCUT2D eigenvalue weighted by atomic mass is 9.97. The van der Waals surface area contributed by atoms with Crippen LogP contribution in [0, 0.1) is 5.92 Å². The highest BCUT2D eigenvalue weighted by Crippen LogP contribution is 2.27. The Labute approximate surface area is 168 Å². The van der Waals surface area contributed by atoms with Crippen LogP contribution in [0.5, 0.6) is 5.75 Å². The van der Waals surface area contributed by atoms with E-state index in [1.807, 2.05) is 43.3 Å². The average molecular weight is 393 g/mol. The van der Waals surface area contributed by atoms with Crippen LogP contribution >= 0.6 is 0 Å². The molecule has 150 valence electrons. The van der Waals surface area contributed by atoms with Crippen molar-refractivity contribution < 1.29 is 9.53 Å². The van der Waals surface area contributed by atoms with Crippen molar-refractivity contribution in [3.8, 4) is 11.6 Å². The molecule has 0 bridgehead atoms. The fraction of sp³-hybridized carbons (Fsp3) is 0.350. The Morgan fingerprint density at radius 2 is 2.03 bits per heavy atom. The van der Waals surface area contributed by atoms with E-state index in [-0.39, 0.29) is 11.8 Å². The summed E-state index contributed by atoms with van der Waals surface area (Å²) < 4.78 is 7.16. The quantitative estimate of drug-likeness (QED) is 0.686. The fourth-order valence-electron chi connectivity index (χ4n) is 3.42. The molecule has 0 radical (unpaired) electrons. The third-order valence-corrected chi connectivity index (χ3v) is 4.85. The van der Waals surface area contributed by atoms with Gasteiger partial charge in [0.1, 0.15) is 18.4 Å². The lowest BCUT2D eigenvalue weighted by Crippen LogP contribution is -2.41. The van der Waals surface area contributed by atoms with Crippen molar-refractivity contribution in [2.75, 3.05) is 29.9 Å². The summed E-state index contributed by atoms with van der Waals surface area (Å²) in [5, 5.41) is 15.6. The molecule has 1 saturated heterocycles. The minimum absolute atomic E-state index is 0.00551. The Morgan fingerprint density at radius 1 is 1.21 bits per heavy atom. The zero-order valence-corrected chi connectivity index (χ0v) is 16.2. The first-order valence-corrected chi connectivity index (χ1v) is 9.71. The zero-order chi connectivity index (χ0) is 20.1. The van der Waals surface area contributed by atoms with Crippen LogP contribution in [-0.4, -0.2) is 50.6 Å². The van der Waals surface area contributed by atoms with Gasteiger partial charge >= 0.3 is 0 Å². The van der Waals surface area contributed by atoms with E-state index in [0.717, 1.165) is 25.2 Å². The number of ether oxygens (including phenoxy) is 1. The molecule has 0 saturated carbocycles. The number of carbonyl (C=O) groups is 1. The van der Waals surface area contributed by atoms with Crippen LogP contribution in [0.2, 0.25) is 0 Å². The molecule has 1 fully saturated rings. The summed E-state index contributed by atoms with van der Waals surface area (Å²) >= 11 is 0. The molecule has 0 unspecified atom stereocenters. The maximum Gasteiger partial charge on any atom is 0.229 e. The number of carbonyl (C=O) groups excluding carboxylic acids is 1. The highest BCUT2D eigenvalue weighted by molar-refractivity contribution is 5.94. The van der Waals surface area contributed by atoms with Crippen molar-refractivity contribution in [1.82, 2.24) is 25.0 Å². The van der Waals surface area contributed by atoms with Crippen LogP contribution in [0.15, 0.2) is 49.1 Å². The van der Waals surface area contributed by atoms with E-state index in [4.69, 9.17) is 4.74 Å². The van der Waals surface area contributed by atoms with Crippen LogP contribution in [0.3, 0.4) is 0 Å². The number of hydrogen-bond acceptors (Lipinski definition) is 7. The van der Waals surface area contributed by atoms with Gasteiger partial charge in [0.15, 0.2) is 11.6 Å². The normalized spacial score (nSPS) is 16.4. The Hall–Kier alpha value is -3.49. The third kappa shape index (κ3) is 4.34. The molecule has 1 aliphatic heterocycles. The fourth-order valence-corrected chi connectivity index (χ4v) is 3.42. The smallest absolute Gasteiger partial charge is 0.229 e. The van der Waals surface area contributed by atoms with Gasteiger partial charge in [-0.25, -0.2) is 9.67 Å². The molecule has 1 aliphatic rings. The summed E-state index contributed by atoms with van der Waals surface area (Å²) in [5.74, 6) is 1.90. The van der Waals surface area contributed by atoms with E-state index in [0.29, 0.717) is 30.4 Å². The molecule has 0 spiro atoms. The van der Waals surface area contributed by atoms with Crippen LogP contribution < -0.4 is 15.0 Å². The standard InChI is InChI=1S/C20H23N7O2/c1-2-29-17-8-4-3-7-16(17)23-20(28)15-6-5-11-26(12-15)18-9-10-19(25-24-18)27-14-21-13-22-27/h3-4,7-10,13-15H,2,5-6,11-12H2,1H3,(H,23,28)/t15-/m0/s1. The summed E-state index contributed by atoms with van der Waals surface area (Å²) in [4.78, 5) is 18.9. The number of amides is 1. The number of nitrogens with zero attached hydrogens (tertiary/aromatic N) is 6. The predicted molar refractivity (Wildman–Crippen MR) is 108 cm³/mol. The monoisotopic (exact) mass is 393 g/mol. The van der Waals surface area contributed by atoms with Gasteiger partial charge < -0.3 is 15.0 Å². The molecule has 1 amide bonds. The number of rotatable bonds is 6. The van der Waals surface area contributed by atoms with Gasteiger partial charge in [-0.3, -0.25) is 4.79 Å². The van der Waals surface area contributed by atoms with Crippen molar-refractivity contribution >= 4 is 17.4 Å². The minimum atomic E-state index is -0.129. The Balaban J connectivity index is 1.42. The summed E-state index contributed by atoms with van der Waals surface area (Å²) in [6, 6.07) is 11.2. The molecular weight excluding hydrogens is 370 g/mol. The Kier molecular flexibility index (Phi) is 5.64. The van der Waals surface area contributed by atoms with Gasteiger partial charge in [-0.1, -0.05) is 12.1 Å². The number of hydrogen-bond donors (Lipinski definition) is 1. The predicted octanol–water partition coefficient (Wildman–Crippen LogP) is 2.31. The maximum atomic E-state index is 12.9. The third-order valence-electron chi connectivity index (χ3n) is 4.85. The van der Waals surface area contributed by atoms with Crippen molar-refractivity contribution in [2.24, 2.45) is 5.92 Å². The molecule has 4 rings (SSSR count). The topological polar surface area (TPSA) is 98.1 Å². The van der Waals surface area contributed by atoms with Crippen LogP contribution in [0.4, 0.5) is 11.5 Å². The summed E-state index contributed by atoms with van der Waals surface area (Å²) in [5.41, 5.74) is 0.702. The SMILES string of the molecule is CCOc1ccccc1NC(=O)[C@H]1CCCN(c2ccc(-n3cncn3)nn2)C1. The van der Waals surface area contributed by atoms with Crippen LogP contribution in [-0.2, 0) is 4.79 Å². The molecule has 1 N–H and O–H groups in total. The molecule has 0 aliphatic carbocycles. The number of benzene rings is 1. The zero-order valence-electron chi connectivity index (χ0n) is 16.2. The van der Waals surface area contributed by atoms with E-state index in [1.165, 1.54) is 6.33 Å². The highest BCUT2D eigenvalue weighted by Gasteiger charge is 2.27. The Bertz CT molecular complexity index is 944. The highest BCUT2D eigenvalue weighted by atomic mass is 16.5. The second kappa shape index (κ2) is 8.68. The van der Waals surface area contributed by atoms with E-state index < -0.39 is 0 Å². The van der Waals surface area contributed by atoms with Gasteiger partial charge in [0.05, 0.1) is 18.2 Å². The van der Waals surface area contributed by atoms with Crippen molar-refractivity contribution in [3.05, 3.63) is 49.1 Å². The first-order valence-electron chi connectivity index (χ1n) is 9.71.